The molecule has 0 saturated carbocycles. The Kier molecular flexibility index (Phi) is 6.75. The summed E-state index contributed by atoms with van der Waals surface area (Å²) in [7, 11) is 0. The highest BCUT2D eigenvalue weighted by atomic mass is 32.2. The second-order valence-corrected chi connectivity index (χ2v) is 4.68. The molecule has 0 aliphatic carbocycles. The predicted octanol–water partition coefficient (Wildman–Crippen LogP) is 2.41. The van der Waals surface area contributed by atoms with E-state index in [0.717, 1.165) is 25.0 Å². The molecule has 1 aromatic rings. The van der Waals surface area contributed by atoms with Crippen LogP contribution in [-0.2, 0) is 0 Å². The van der Waals surface area contributed by atoms with Crippen LogP contribution in [0.2, 0.25) is 0 Å². The number of nitrogens with two attached hydrogens (primary N) is 1. The molecule has 0 aromatic heterocycles. The van der Waals surface area contributed by atoms with Crippen LogP contribution in [0.15, 0.2) is 35.2 Å². The Bertz CT molecular complexity index is 318. The van der Waals surface area contributed by atoms with Gasteiger partial charge < -0.3 is 0 Å². The summed E-state index contributed by atoms with van der Waals surface area (Å²) in [6.45, 7) is 0. The molecule has 0 bridgehead atoms. The third kappa shape index (κ3) is 5.22. The average Bonchev–Trinajstić information content (AvgIpc) is 2.35. The monoisotopic (exact) mass is 234 g/mol. The number of unbranched alkanes of at least 4 members (excludes halogenated alkanes) is 1. The molecule has 2 nitrogen and oxygen atoms in total. The van der Waals surface area contributed by atoms with E-state index in [4.69, 9.17) is 12.3 Å². The molecule has 3 N–H and O–H groups in total. The van der Waals surface area contributed by atoms with E-state index in [1.54, 1.807) is 0 Å². The Morgan fingerprint density at radius 2 is 2.12 bits per heavy atom. The van der Waals surface area contributed by atoms with Crippen LogP contribution in [-0.4, -0.2) is 11.8 Å². The minimum atomic E-state index is 0.332. The number of hydrazine groups is 1. The molecular formula is C13H18N2S. The Balaban J connectivity index is 2.26. The van der Waals surface area contributed by atoms with E-state index in [0.29, 0.717) is 6.04 Å². The van der Waals surface area contributed by atoms with Gasteiger partial charge >= 0.3 is 0 Å². The quantitative estimate of drug-likeness (QED) is 0.250. The number of benzene rings is 1. The maximum atomic E-state index is 5.50. The van der Waals surface area contributed by atoms with Gasteiger partial charge in [-0.25, -0.2) is 0 Å². The average molecular weight is 234 g/mol. The van der Waals surface area contributed by atoms with Gasteiger partial charge in [0.2, 0.25) is 0 Å². The van der Waals surface area contributed by atoms with E-state index >= 15 is 0 Å². The van der Waals surface area contributed by atoms with Gasteiger partial charge in [-0.05, 0) is 25.0 Å². The number of thioether (sulfide) groups is 1. The molecule has 1 aromatic carbocycles. The number of hydrogen-bond acceptors (Lipinski definition) is 3. The fourth-order valence-corrected chi connectivity index (χ4v) is 2.38. The van der Waals surface area contributed by atoms with Gasteiger partial charge in [-0.3, -0.25) is 11.3 Å². The minimum Gasteiger partial charge on any atom is -0.271 e. The summed E-state index contributed by atoms with van der Waals surface area (Å²) >= 11 is 1.82. The van der Waals surface area contributed by atoms with E-state index in [9.17, 15) is 0 Å². The van der Waals surface area contributed by atoms with Gasteiger partial charge in [-0.1, -0.05) is 18.2 Å². The largest absolute Gasteiger partial charge is 0.271 e. The molecular weight excluding hydrogens is 216 g/mol. The van der Waals surface area contributed by atoms with Crippen LogP contribution >= 0.6 is 11.8 Å². The van der Waals surface area contributed by atoms with Crippen LogP contribution in [0.25, 0.3) is 0 Å². The molecule has 1 unspecified atom stereocenters. The third-order valence-corrected chi connectivity index (χ3v) is 3.48. The highest BCUT2D eigenvalue weighted by molar-refractivity contribution is 7.99. The molecule has 1 atom stereocenters. The lowest BCUT2D eigenvalue weighted by molar-refractivity contribution is 0.524. The summed E-state index contributed by atoms with van der Waals surface area (Å²) in [5.74, 6) is 9.13. The van der Waals surface area contributed by atoms with Crippen molar-refractivity contribution in [3.8, 4) is 12.3 Å². The number of rotatable bonds is 7. The van der Waals surface area contributed by atoms with Gasteiger partial charge in [0.25, 0.3) is 0 Å². The van der Waals surface area contributed by atoms with Gasteiger partial charge in [0.05, 0.1) is 0 Å². The van der Waals surface area contributed by atoms with Crippen molar-refractivity contribution < 1.29 is 0 Å². The lowest BCUT2D eigenvalue weighted by atomic mass is 10.1. The van der Waals surface area contributed by atoms with Crippen molar-refractivity contribution in [3.05, 3.63) is 30.3 Å². The summed E-state index contributed by atoms with van der Waals surface area (Å²) in [5, 5.41) is 0. The van der Waals surface area contributed by atoms with Crippen LogP contribution in [0.5, 0.6) is 0 Å². The first-order valence-electron chi connectivity index (χ1n) is 5.44. The lowest BCUT2D eigenvalue weighted by Crippen LogP contribution is -2.36. The normalized spacial score (nSPS) is 12.0. The summed E-state index contributed by atoms with van der Waals surface area (Å²) in [4.78, 5) is 1.28. The van der Waals surface area contributed by atoms with Crippen molar-refractivity contribution in [3.63, 3.8) is 0 Å². The highest BCUT2D eigenvalue weighted by Gasteiger charge is 2.06. The van der Waals surface area contributed by atoms with Crippen LogP contribution in [0.1, 0.15) is 19.3 Å². The number of nitrogens with one attached hydrogen (secondary N) is 1. The van der Waals surface area contributed by atoms with Crippen molar-refractivity contribution in [1.82, 2.24) is 5.43 Å². The Hall–Kier alpha value is -0.950. The number of hydrogen-bond donors (Lipinski definition) is 2. The standard InChI is InChI=1S/C13H18N2S/c1-2-3-5-8-12(15-14)11-16-13-9-6-4-7-10-13/h1,4,6-7,9-10,12,15H,3,5,8,11,14H2. The molecule has 86 valence electrons. The van der Waals surface area contributed by atoms with Crippen LogP contribution in [0, 0.1) is 12.3 Å². The van der Waals surface area contributed by atoms with Crippen molar-refractivity contribution >= 4 is 11.8 Å². The number of terminal acetylenes is 1. The highest BCUT2D eigenvalue weighted by Crippen LogP contribution is 2.19. The zero-order valence-corrected chi connectivity index (χ0v) is 10.2. The molecule has 0 heterocycles. The molecule has 0 fully saturated rings. The van der Waals surface area contributed by atoms with Gasteiger partial charge in [-0.2, -0.15) is 0 Å². The first-order valence-corrected chi connectivity index (χ1v) is 6.43. The molecule has 0 aliphatic rings. The molecule has 0 radical (unpaired) electrons. The zero-order valence-electron chi connectivity index (χ0n) is 9.36. The van der Waals surface area contributed by atoms with Crippen LogP contribution < -0.4 is 11.3 Å². The van der Waals surface area contributed by atoms with Gasteiger partial charge in [0, 0.05) is 23.1 Å². The maximum Gasteiger partial charge on any atom is 0.0304 e. The van der Waals surface area contributed by atoms with E-state index in [1.165, 1.54) is 4.90 Å². The maximum absolute atomic E-state index is 5.50. The Morgan fingerprint density at radius 3 is 2.75 bits per heavy atom. The van der Waals surface area contributed by atoms with E-state index in [1.807, 2.05) is 30.0 Å². The van der Waals surface area contributed by atoms with Crippen molar-refractivity contribution in [1.29, 1.82) is 0 Å². The first-order chi connectivity index (χ1) is 7.86. The Morgan fingerprint density at radius 1 is 1.38 bits per heavy atom. The van der Waals surface area contributed by atoms with Gasteiger partial charge in [-0.15, -0.1) is 24.1 Å². The first kappa shape index (κ1) is 13.1. The van der Waals surface area contributed by atoms with E-state index < -0.39 is 0 Å². The molecule has 16 heavy (non-hydrogen) atoms. The molecule has 0 amide bonds. The van der Waals surface area contributed by atoms with Gasteiger partial charge in [0.1, 0.15) is 0 Å². The van der Waals surface area contributed by atoms with E-state index in [2.05, 4.69) is 23.5 Å². The van der Waals surface area contributed by atoms with Crippen molar-refractivity contribution in [2.24, 2.45) is 5.84 Å². The van der Waals surface area contributed by atoms with E-state index in [-0.39, 0.29) is 0 Å². The second-order valence-electron chi connectivity index (χ2n) is 3.58. The summed E-state index contributed by atoms with van der Waals surface area (Å²) in [6.07, 6.45) is 8.10. The topological polar surface area (TPSA) is 38.0 Å². The fraction of sp³-hybridized carbons (Fsp3) is 0.385. The SMILES string of the molecule is C#CCCCC(CSc1ccccc1)NN. The summed E-state index contributed by atoms with van der Waals surface area (Å²) in [6, 6.07) is 10.7. The molecule has 0 saturated heterocycles. The lowest BCUT2D eigenvalue weighted by Gasteiger charge is -2.14. The van der Waals surface area contributed by atoms with Crippen LogP contribution in [0.4, 0.5) is 0 Å². The van der Waals surface area contributed by atoms with Crippen molar-refractivity contribution in [2.45, 2.75) is 30.2 Å². The van der Waals surface area contributed by atoms with Crippen LogP contribution in [0.3, 0.4) is 0 Å². The molecule has 0 spiro atoms. The zero-order chi connectivity index (χ0) is 11.6. The van der Waals surface area contributed by atoms with Gasteiger partial charge in [0.15, 0.2) is 0 Å². The second kappa shape index (κ2) is 8.23. The summed E-state index contributed by atoms with van der Waals surface area (Å²) in [5.41, 5.74) is 2.84. The molecule has 0 aliphatic heterocycles. The predicted molar refractivity (Wildman–Crippen MR) is 71.0 cm³/mol. The van der Waals surface area contributed by atoms with Crippen molar-refractivity contribution in [2.75, 3.05) is 5.75 Å². The summed E-state index contributed by atoms with van der Waals surface area (Å²) < 4.78 is 0. The third-order valence-electron chi connectivity index (χ3n) is 2.30. The smallest absolute Gasteiger partial charge is 0.0304 e. The Labute approximate surface area is 102 Å². The molecule has 1 rings (SSSR count). The molecule has 3 heteroatoms. The fourth-order valence-electron chi connectivity index (χ4n) is 1.38. The minimum absolute atomic E-state index is 0.332.